The van der Waals surface area contributed by atoms with Gasteiger partial charge in [-0.25, -0.2) is 8.42 Å². The van der Waals surface area contributed by atoms with E-state index in [0.29, 0.717) is 39.1 Å². The molecule has 0 bridgehead atoms. The lowest BCUT2D eigenvalue weighted by atomic mass is 10.1. The first kappa shape index (κ1) is 20.0. The van der Waals surface area contributed by atoms with Crippen LogP contribution < -0.4 is 5.32 Å². The van der Waals surface area contributed by atoms with E-state index in [-0.39, 0.29) is 10.1 Å². The van der Waals surface area contributed by atoms with E-state index in [0.717, 1.165) is 11.1 Å². The molecule has 2 heterocycles. The number of sulfonamides is 1. The van der Waals surface area contributed by atoms with Crippen LogP contribution in [0.5, 0.6) is 0 Å². The van der Waals surface area contributed by atoms with Gasteiger partial charge in [0.15, 0.2) is 0 Å². The molecule has 27 heavy (non-hydrogen) atoms. The maximum Gasteiger partial charge on any atom is 0.253 e. The van der Waals surface area contributed by atoms with Crippen LogP contribution in [0.3, 0.4) is 0 Å². The van der Waals surface area contributed by atoms with Crippen LogP contribution in [-0.4, -0.2) is 37.8 Å². The second-order valence-electron chi connectivity index (χ2n) is 6.33. The van der Waals surface area contributed by atoms with Gasteiger partial charge in [-0.05, 0) is 42.3 Å². The highest BCUT2D eigenvalue weighted by Crippen LogP contribution is 2.28. The molecule has 0 radical (unpaired) electrons. The van der Waals surface area contributed by atoms with Crippen LogP contribution in [0.1, 0.15) is 30.9 Å². The number of amides is 1. The smallest absolute Gasteiger partial charge is 0.253 e. The summed E-state index contributed by atoms with van der Waals surface area (Å²) in [5, 5.41) is 4.64. The molecule has 146 valence electrons. The Bertz CT molecular complexity index is 866. The summed E-state index contributed by atoms with van der Waals surface area (Å²) in [4.78, 5) is 12.7. The molecule has 1 amide bonds. The second-order valence-corrected chi connectivity index (χ2v) is 9.39. The molecule has 8 heteroatoms. The van der Waals surface area contributed by atoms with E-state index >= 15 is 0 Å². The fourth-order valence-electron chi connectivity index (χ4n) is 3.20. The predicted molar refractivity (Wildman–Crippen MR) is 105 cm³/mol. The van der Waals surface area contributed by atoms with Crippen LogP contribution in [0.15, 0.2) is 46.0 Å². The van der Waals surface area contributed by atoms with Crippen LogP contribution in [-0.2, 0) is 32.7 Å². The average molecular weight is 409 g/mol. The van der Waals surface area contributed by atoms with Crippen LogP contribution >= 0.6 is 11.3 Å². The summed E-state index contributed by atoms with van der Waals surface area (Å²) >= 11 is 1.17. The number of benzene rings is 1. The van der Waals surface area contributed by atoms with Crippen molar-refractivity contribution in [2.45, 2.75) is 43.2 Å². The van der Waals surface area contributed by atoms with Crippen molar-refractivity contribution in [1.82, 2.24) is 9.62 Å². The highest BCUT2D eigenvalue weighted by Gasteiger charge is 2.39. The number of hydrogen-bond donors (Lipinski definition) is 1. The summed E-state index contributed by atoms with van der Waals surface area (Å²) in [5.41, 5.74) is 2.00. The quantitative estimate of drug-likeness (QED) is 0.729. The third kappa shape index (κ3) is 4.57. The third-order valence-electron chi connectivity index (χ3n) is 4.60. The zero-order valence-corrected chi connectivity index (χ0v) is 16.9. The minimum atomic E-state index is -3.62. The van der Waals surface area contributed by atoms with Crippen LogP contribution in [0, 0.1) is 0 Å². The largest absolute Gasteiger partial charge is 0.377 e. The van der Waals surface area contributed by atoms with E-state index in [2.05, 4.69) is 5.32 Å². The first-order valence-electron chi connectivity index (χ1n) is 9.01. The Morgan fingerprint density at radius 2 is 2.04 bits per heavy atom. The van der Waals surface area contributed by atoms with Gasteiger partial charge in [0, 0.05) is 19.7 Å². The molecule has 3 rings (SSSR count). The van der Waals surface area contributed by atoms with E-state index in [1.807, 2.05) is 31.2 Å². The average Bonchev–Trinajstić information content (AvgIpc) is 3.37. The van der Waals surface area contributed by atoms with Gasteiger partial charge in [-0.2, -0.15) is 4.31 Å². The summed E-state index contributed by atoms with van der Waals surface area (Å²) in [5.74, 6) is -0.251. The van der Waals surface area contributed by atoms with Crippen LogP contribution in [0.2, 0.25) is 0 Å². The van der Waals surface area contributed by atoms with Crippen molar-refractivity contribution < 1.29 is 17.9 Å². The molecule has 0 spiro atoms. The molecule has 1 atom stereocenters. The van der Waals surface area contributed by atoms with Gasteiger partial charge >= 0.3 is 0 Å². The van der Waals surface area contributed by atoms with Crippen molar-refractivity contribution in [3.05, 3.63) is 52.9 Å². The minimum absolute atomic E-state index is 0.251. The van der Waals surface area contributed by atoms with Crippen molar-refractivity contribution >= 4 is 27.3 Å². The molecule has 1 fully saturated rings. The molecule has 0 saturated carbocycles. The van der Waals surface area contributed by atoms with Gasteiger partial charge in [-0.15, -0.1) is 11.3 Å². The van der Waals surface area contributed by atoms with Gasteiger partial charge < -0.3 is 10.1 Å². The van der Waals surface area contributed by atoms with Gasteiger partial charge in [0.1, 0.15) is 10.3 Å². The zero-order chi connectivity index (χ0) is 19.3. The molecule has 1 aliphatic rings. The predicted octanol–water partition coefficient (Wildman–Crippen LogP) is 2.75. The van der Waals surface area contributed by atoms with E-state index in [1.165, 1.54) is 15.6 Å². The first-order chi connectivity index (χ1) is 13.0. The zero-order valence-electron chi connectivity index (χ0n) is 15.3. The standard InChI is InChI=1S/C19H24N2O4S2/c1-2-25-14-16-8-4-3-7-15(16)13-20-19(22)17-9-5-11-21(17)27(23,24)18-10-6-12-26-18/h3-4,6-8,10,12,17H,2,5,9,11,13-14H2,1H3,(H,20,22)/t17-/m1/s1. The van der Waals surface area contributed by atoms with Crippen molar-refractivity contribution in [2.75, 3.05) is 13.2 Å². The maximum atomic E-state index is 12.8. The number of carbonyl (C=O) groups is 1. The summed E-state index contributed by atoms with van der Waals surface area (Å²) in [6.45, 7) is 3.78. The summed E-state index contributed by atoms with van der Waals surface area (Å²) < 4.78 is 32.7. The van der Waals surface area contributed by atoms with Gasteiger partial charge in [0.2, 0.25) is 5.91 Å². The lowest BCUT2D eigenvalue weighted by Gasteiger charge is -2.23. The number of thiophene rings is 1. The molecular formula is C19H24N2O4S2. The van der Waals surface area contributed by atoms with Gasteiger partial charge in [-0.3, -0.25) is 4.79 Å². The molecule has 1 saturated heterocycles. The highest BCUT2D eigenvalue weighted by atomic mass is 32.2. The van der Waals surface area contributed by atoms with Crippen LogP contribution in [0.25, 0.3) is 0 Å². The molecular weight excluding hydrogens is 384 g/mol. The lowest BCUT2D eigenvalue weighted by Crippen LogP contribution is -2.45. The van der Waals surface area contributed by atoms with E-state index in [4.69, 9.17) is 4.74 Å². The second kappa shape index (κ2) is 8.97. The number of carbonyl (C=O) groups excluding carboxylic acids is 1. The highest BCUT2D eigenvalue weighted by molar-refractivity contribution is 7.91. The fourth-order valence-corrected chi connectivity index (χ4v) is 5.97. The SMILES string of the molecule is CCOCc1ccccc1CNC(=O)[C@H]1CCCN1S(=O)(=O)c1cccs1. The number of hydrogen-bond acceptors (Lipinski definition) is 5. The first-order valence-corrected chi connectivity index (χ1v) is 11.3. The van der Waals surface area contributed by atoms with Crippen molar-refractivity contribution in [1.29, 1.82) is 0 Å². The van der Waals surface area contributed by atoms with Crippen LogP contribution in [0.4, 0.5) is 0 Å². The Balaban J connectivity index is 1.68. The number of nitrogens with one attached hydrogen (secondary N) is 1. The Morgan fingerprint density at radius 1 is 1.26 bits per heavy atom. The molecule has 6 nitrogen and oxygen atoms in total. The van der Waals surface area contributed by atoms with Crippen molar-refractivity contribution in [2.24, 2.45) is 0 Å². The fraction of sp³-hybridized carbons (Fsp3) is 0.421. The van der Waals surface area contributed by atoms with Gasteiger partial charge in [0.05, 0.1) is 6.61 Å². The van der Waals surface area contributed by atoms with Gasteiger partial charge in [-0.1, -0.05) is 30.3 Å². The monoisotopic (exact) mass is 408 g/mol. The summed E-state index contributed by atoms with van der Waals surface area (Å²) in [7, 11) is -3.62. The van der Waals surface area contributed by atoms with Crippen molar-refractivity contribution in [3.63, 3.8) is 0 Å². The Kier molecular flexibility index (Phi) is 6.64. The number of nitrogens with zero attached hydrogens (tertiary/aromatic N) is 1. The number of ether oxygens (including phenoxy) is 1. The van der Waals surface area contributed by atoms with E-state index in [9.17, 15) is 13.2 Å². The maximum absolute atomic E-state index is 12.8. The minimum Gasteiger partial charge on any atom is -0.377 e. The summed E-state index contributed by atoms with van der Waals surface area (Å²) in [6, 6.07) is 10.4. The molecule has 1 aliphatic heterocycles. The molecule has 1 N–H and O–H groups in total. The lowest BCUT2D eigenvalue weighted by molar-refractivity contribution is -0.124. The molecule has 1 aromatic heterocycles. The van der Waals surface area contributed by atoms with Gasteiger partial charge in [0.25, 0.3) is 10.0 Å². The molecule has 0 aliphatic carbocycles. The third-order valence-corrected chi connectivity index (χ3v) is 7.88. The Labute approximate surface area is 164 Å². The number of rotatable bonds is 8. The molecule has 2 aromatic rings. The van der Waals surface area contributed by atoms with E-state index < -0.39 is 16.1 Å². The Hall–Kier alpha value is -1.74. The molecule has 0 unspecified atom stereocenters. The molecule has 1 aromatic carbocycles. The van der Waals surface area contributed by atoms with E-state index in [1.54, 1.807) is 17.5 Å². The topological polar surface area (TPSA) is 75.7 Å². The normalized spacial score (nSPS) is 17.9. The van der Waals surface area contributed by atoms with Crippen molar-refractivity contribution in [3.8, 4) is 0 Å². The summed E-state index contributed by atoms with van der Waals surface area (Å²) in [6.07, 6.45) is 1.22. The Morgan fingerprint density at radius 3 is 2.74 bits per heavy atom.